The molecule has 2 saturated carbocycles. The van der Waals surface area contributed by atoms with E-state index in [0.717, 1.165) is 24.8 Å². The van der Waals surface area contributed by atoms with Gasteiger partial charge in [-0.1, -0.05) is 13.0 Å². The van der Waals surface area contributed by atoms with Crippen molar-refractivity contribution in [3.8, 4) is 0 Å². The molecule has 0 bridgehead atoms. The monoisotopic (exact) mass is 379 g/mol. The third kappa shape index (κ3) is 2.51. The van der Waals surface area contributed by atoms with Crippen LogP contribution in [0.25, 0.3) is 0 Å². The van der Waals surface area contributed by atoms with Gasteiger partial charge in [0.2, 0.25) is 5.91 Å². The molecule has 2 aliphatic carbocycles. The molecule has 2 N–H and O–H groups in total. The average molecular weight is 380 g/mol. The van der Waals surface area contributed by atoms with Crippen LogP contribution in [0.4, 0.5) is 10.6 Å². The Kier molecular flexibility index (Phi) is 3.20. The Morgan fingerprint density at radius 2 is 2.13 bits per heavy atom. The Bertz CT molecular complexity index is 706. The normalized spacial score (nSPS) is 31.7. The van der Waals surface area contributed by atoms with Gasteiger partial charge in [0.05, 0.1) is 0 Å². The maximum absolute atomic E-state index is 12.7. The number of rotatable bonds is 3. The highest BCUT2D eigenvalue weighted by Gasteiger charge is 2.64. The SMILES string of the molecule is C[C@@]12C[C@@H](C(=O)Nc3nc(Br)ccc3C3CC3)N(C(=O)O)[C@@H]1C2. The highest BCUT2D eigenvalue weighted by atomic mass is 79.9. The molecule has 4 rings (SSSR count). The molecule has 3 atom stereocenters. The number of hydrogen-bond acceptors (Lipinski definition) is 3. The van der Waals surface area contributed by atoms with Gasteiger partial charge >= 0.3 is 6.09 Å². The minimum absolute atomic E-state index is 0.0193. The molecular formula is C16H18BrN3O3. The van der Waals surface area contributed by atoms with Gasteiger partial charge in [-0.2, -0.15) is 0 Å². The summed E-state index contributed by atoms with van der Waals surface area (Å²) in [5.41, 5.74) is 1.00. The van der Waals surface area contributed by atoms with Crippen molar-refractivity contribution in [1.29, 1.82) is 0 Å². The third-order valence-electron chi connectivity index (χ3n) is 5.31. The van der Waals surface area contributed by atoms with Crippen molar-refractivity contribution in [2.75, 3.05) is 5.32 Å². The number of nitrogens with one attached hydrogen (secondary N) is 1. The van der Waals surface area contributed by atoms with E-state index in [1.165, 1.54) is 4.90 Å². The molecule has 1 aromatic rings. The van der Waals surface area contributed by atoms with Crippen LogP contribution in [0.2, 0.25) is 0 Å². The smallest absolute Gasteiger partial charge is 0.408 e. The Morgan fingerprint density at radius 3 is 2.78 bits per heavy atom. The first-order valence-corrected chi connectivity index (χ1v) is 8.67. The Morgan fingerprint density at radius 1 is 1.39 bits per heavy atom. The van der Waals surface area contributed by atoms with E-state index < -0.39 is 12.1 Å². The molecule has 23 heavy (non-hydrogen) atoms. The minimum atomic E-state index is -1.01. The van der Waals surface area contributed by atoms with Crippen LogP contribution in [-0.4, -0.2) is 39.1 Å². The summed E-state index contributed by atoms with van der Waals surface area (Å²) < 4.78 is 0.661. The quantitative estimate of drug-likeness (QED) is 0.789. The number of amides is 2. The number of fused-ring (bicyclic) bond motifs is 1. The molecule has 2 heterocycles. The van der Waals surface area contributed by atoms with Crippen LogP contribution in [0.3, 0.4) is 0 Å². The number of carbonyl (C=O) groups excluding carboxylic acids is 1. The third-order valence-corrected chi connectivity index (χ3v) is 5.75. The van der Waals surface area contributed by atoms with Crippen molar-refractivity contribution in [3.63, 3.8) is 0 Å². The predicted molar refractivity (Wildman–Crippen MR) is 87.3 cm³/mol. The van der Waals surface area contributed by atoms with Gasteiger partial charge in [0.1, 0.15) is 16.5 Å². The van der Waals surface area contributed by atoms with E-state index in [0.29, 0.717) is 22.8 Å². The molecule has 0 aromatic carbocycles. The molecule has 6 nitrogen and oxygen atoms in total. The zero-order chi connectivity index (χ0) is 16.4. The first kappa shape index (κ1) is 14.9. The number of nitrogens with zero attached hydrogens (tertiary/aromatic N) is 2. The first-order valence-electron chi connectivity index (χ1n) is 7.87. The van der Waals surface area contributed by atoms with Crippen LogP contribution in [0.1, 0.15) is 44.1 Å². The summed E-state index contributed by atoms with van der Waals surface area (Å²) in [6, 6.07) is 3.21. The molecule has 1 saturated heterocycles. The largest absolute Gasteiger partial charge is 0.465 e. The second-order valence-electron chi connectivity index (χ2n) is 7.12. The summed E-state index contributed by atoms with van der Waals surface area (Å²) in [5.74, 6) is 0.743. The van der Waals surface area contributed by atoms with Gasteiger partial charge in [0, 0.05) is 6.04 Å². The van der Waals surface area contributed by atoms with E-state index in [4.69, 9.17) is 0 Å². The number of piperidine rings is 1. The molecule has 7 heteroatoms. The second kappa shape index (κ2) is 4.93. The van der Waals surface area contributed by atoms with E-state index in [1.807, 2.05) is 19.1 Å². The van der Waals surface area contributed by atoms with E-state index in [1.54, 1.807) is 0 Å². The number of aromatic nitrogens is 1. The molecule has 3 fully saturated rings. The van der Waals surface area contributed by atoms with Crippen molar-refractivity contribution in [2.24, 2.45) is 5.41 Å². The van der Waals surface area contributed by atoms with Gasteiger partial charge in [-0.3, -0.25) is 9.69 Å². The lowest BCUT2D eigenvalue weighted by molar-refractivity contribution is -0.120. The van der Waals surface area contributed by atoms with Crippen LogP contribution in [0.15, 0.2) is 16.7 Å². The predicted octanol–water partition coefficient (Wildman–Crippen LogP) is 3.19. The van der Waals surface area contributed by atoms with Gasteiger partial charge in [-0.15, -0.1) is 0 Å². The Hall–Kier alpha value is -1.63. The van der Waals surface area contributed by atoms with E-state index >= 15 is 0 Å². The highest BCUT2D eigenvalue weighted by Crippen LogP contribution is 2.59. The molecule has 122 valence electrons. The molecule has 0 radical (unpaired) electrons. The lowest BCUT2D eigenvalue weighted by atomic mass is 10.0. The number of carbonyl (C=O) groups is 2. The molecule has 0 unspecified atom stereocenters. The van der Waals surface area contributed by atoms with Crippen LogP contribution in [0, 0.1) is 5.41 Å². The number of likely N-dealkylation sites (tertiary alicyclic amines) is 1. The van der Waals surface area contributed by atoms with Crippen LogP contribution in [0.5, 0.6) is 0 Å². The fourth-order valence-corrected chi connectivity index (χ4v) is 4.06. The topological polar surface area (TPSA) is 82.5 Å². The van der Waals surface area contributed by atoms with Crippen molar-refractivity contribution >= 4 is 33.7 Å². The van der Waals surface area contributed by atoms with Crippen LogP contribution in [-0.2, 0) is 4.79 Å². The molecular weight excluding hydrogens is 362 g/mol. The van der Waals surface area contributed by atoms with Crippen LogP contribution < -0.4 is 5.32 Å². The number of carboxylic acid groups (broad SMARTS) is 1. The first-order chi connectivity index (χ1) is 10.9. The van der Waals surface area contributed by atoms with Gasteiger partial charge in [0.15, 0.2) is 0 Å². The summed E-state index contributed by atoms with van der Waals surface area (Å²) in [5, 5.41) is 12.3. The average Bonchev–Trinajstić information content (AvgIpc) is 3.38. The highest BCUT2D eigenvalue weighted by molar-refractivity contribution is 9.10. The summed E-state index contributed by atoms with van der Waals surface area (Å²) >= 11 is 3.33. The van der Waals surface area contributed by atoms with Crippen molar-refractivity contribution in [1.82, 2.24) is 9.88 Å². The fourth-order valence-electron chi connectivity index (χ4n) is 3.75. The van der Waals surface area contributed by atoms with E-state index in [-0.39, 0.29) is 17.4 Å². The summed E-state index contributed by atoms with van der Waals surface area (Å²) in [7, 11) is 0. The van der Waals surface area contributed by atoms with Gasteiger partial charge in [-0.05, 0) is 64.6 Å². The number of hydrogen-bond donors (Lipinski definition) is 2. The van der Waals surface area contributed by atoms with Crippen molar-refractivity contribution in [2.45, 2.75) is 50.6 Å². The second-order valence-corrected chi connectivity index (χ2v) is 7.93. The summed E-state index contributed by atoms with van der Waals surface area (Å²) in [4.78, 5) is 29.9. The maximum Gasteiger partial charge on any atom is 0.408 e. The summed E-state index contributed by atoms with van der Waals surface area (Å²) in [6.07, 6.45) is 2.64. The van der Waals surface area contributed by atoms with E-state index in [9.17, 15) is 14.7 Å². The molecule has 0 spiro atoms. The zero-order valence-corrected chi connectivity index (χ0v) is 14.3. The van der Waals surface area contributed by atoms with Gasteiger partial charge in [0.25, 0.3) is 0 Å². The molecule has 3 aliphatic rings. The lowest BCUT2D eigenvalue weighted by Crippen LogP contribution is -2.45. The maximum atomic E-state index is 12.7. The fraction of sp³-hybridized carbons (Fsp3) is 0.562. The van der Waals surface area contributed by atoms with Gasteiger partial charge < -0.3 is 10.4 Å². The van der Waals surface area contributed by atoms with Crippen molar-refractivity contribution in [3.05, 3.63) is 22.3 Å². The van der Waals surface area contributed by atoms with E-state index in [2.05, 4.69) is 26.2 Å². The van der Waals surface area contributed by atoms with Crippen molar-refractivity contribution < 1.29 is 14.7 Å². The summed E-state index contributed by atoms with van der Waals surface area (Å²) in [6.45, 7) is 2.05. The molecule has 2 amide bonds. The Balaban J connectivity index is 1.56. The molecule has 1 aromatic heterocycles. The Labute approximate surface area is 142 Å². The number of pyridine rings is 1. The van der Waals surface area contributed by atoms with Crippen LogP contribution >= 0.6 is 15.9 Å². The zero-order valence-electron chi connectivity index (χ0n) is 12.8. The number of halogens is 1. The lowest BCUT2D eigenvalue weighted by Gasteiger charge is -2.24. The standard InChI is InChI=1S/C16H18BrN3O3/c1-16-6-10(20(15(22)23)11(16)7-16)14(21)19-13-9(8-2-3-8)4-5-12(17)18-13/h4-5,8,10-11H,2-3,6-7H2,1H3,(H,22,23)(H,18,19,21)/t10-,11+,16-/m0/s1. The minimum Gasteiger partial charge on any atom is -0.465 e. The van der Waals surface area contributed by atoms with Gasteiger partial charge in [-0.25, -0.2) is 9.78 Å². The molecule has 1 aliphatic heterocycles. The number of anilines is 1.